The highest BCUT2D eigenvalue weighted by Gasteiger charge is 2.11. The Morgan fingerprint density at radius 3 is 2.37 bits per heavy atom. The van der Waals surface area contributed by atoms with Gasteiger partial charge in [0.1, 0.15) is 24.0 Å². The van der Waals surface area contributed by atoms with Crippen LogP contribution in [0, 0.1) is 23.3 Å². The Labute approximate surface area is 106 Å². The maximum Gasteiger partial charge on any atom is 0.165 e. The number of halogens is 4. The van der Waals surface area contributed by atoms with Gasteiger partial charge < -0.3 is 10.5 Å². The summed E-state index contributed by atoms with van der Waals surface area (Å²) in [6, 6.07) is 4.81. The van der Waals surface area contributed by atoms with Gasteiger partial charge in [0.25, 0.3) is 0 Å². The fourth-order valence-corrected chi connectivity index (χ4v) is 1.49. The van der Waals surface area contributed by atoms with Crippen molar-refractivity contribution in [3.63, 3.8) is 0 Å². The van der Waals surface area contributed by atoms with E-state index in [0.717, 1.165) is 12.1 Å². The van der Waals surface area contributed by atoms with E-state index >= 15 is 0 Å². The minimum Gasteiger partial charge on any atom is -0.489 e. The number of benzene rings is 2. The molecule has 0 heterocycles. The second kappa shape index (κ2) is 5.17. The first-order valence-electron chi connectivity index (χ1n) is 5.28. The third-order valence-electron chi connectivity index (χ3n) is 2.43. The molecule has 0 aliphatic heterocycles. The van der Waals surface area contributed by atoms with Crippen LogP contribution in [-0.4, -0.2) is 0 Å². The Kier molecular flexibility index (Phi) is 3.59. The van der Waals surface area contributed by atoms with Crippen LogP contribution in [0.15, 0.2) is 30.3 Å². The minimum atomic E-state index is -1.29. The Hall–Kier alpha value is -2.24. The minimum absolute atomic E-state index is 0.136. The van der Waals surface area contributed by atoms with Crippen molar-refractivity contribution >= 4 is 5.69 Å². The number of hydrogen-bond donors (Lipinski definition) is 1. The SMILES string of the molecule is Nc1cc(OCc2cc(F)cc(F)c2F)ccc1F. The fraction of sp³-hybridized carbons (Fsp3) is 0.0769. The van der Waals surface area contributed by atoms with E-state index in [4.69, 9.17) is 10.5 Å². The van der Waals surface area contributed by atoms with E-state index in [-0.39, 0.29) is 17.0 Å². The average Bonchev–Trinajstić information content (AvgIpc) is 2.36. The van der Waals surface area contributed by atoms with Crippen molar-refractivity contribution in [1.82, 2.24) is 0 Å². The zero-order valence-electron chi connectivity index (χ0n) is 9.59. The Bertz CT molecular complexity index is 616. The molecule has 0 aliphatic carbocycles. The predicted molar refractivity (Wildman–Crippen MR) is 61.5 cm³/mol. The summed E-state index contributed by atoms with van der Waals surface area (Å²) in [6.07, 6.45) is 0. The molecular weight excluding hydrogens is 262 g/mol. The lowest BCUT2D eigenvalue weighted by Gasteiger charge is -2.08. The van der Waals surface area contributed by atoms with Crippen LogP contribution in [0.4, 0.5) is 23.2 Å². The predicted octanol–water partition coefficient (Wildman–Crippen LogP) is 3.40. The van der Waals surface area contributed by atoms with Crippen LogP contribution in [0.2, 0.25) is 0 Å². The van der Waals surface area contributed by atoms with E-state index in [0.29, 0.717) is 6.07 Å². The Balaban J connectivity index is 2.16. The second-order valence-corrected chi connectivity index (χ2v) is 3.83. The zero-order valence-corrected chi connectivity index (χ0v) is 9.59. The van der Waals surface area contributed by atoms with Gasteiger partial charge in [0.15, 0.2) is 11.6 Å². The van der Waals surface area contributed by atoms with Gasteiger partial charge >= 0.3 is 0 Å². The van der Waals surface area contributed by atoms with E-state index in [1.165, 1.54) is 12.1 Å². The molecule has 0 spiro atoms. The van der Waals surface area contributed by atoms with Gasteiger partial charge in [0.2, 0.25) is 0 Å². The van der Waals surface area contributed by atoms with Crippen LogP contribution >= 0.6 is 0 Å². The van der Waals surface area contributed by atoms with E-state index in [9.17, 15) is 17.6 Å². The van der Waals surface area contributed by atoms with E-state index in [2.05, 4.69) is 0 Å². The Morgan fingerprint density at radius 2 is 1.68 bits per heavy atom. The molecule has 2 nitrogen and oxygen atoms in total. The average molecular weight is 271 g/mol. The van der Waals surface area contributed by atoms with Crippen LogP contribution in [0.1, 0.15) is 5.56 Å². The molecule has 6 heteroatoms. The Morgan fingerprint density at radius 1 is 0.947 bits per heavy atom. The molecule has 19 heavy (non-hydrogen) atoms. The van der Waals surface area contributed by atoms with Crippen molar-refractivity contribution in [1.29, 1.82) is 0 Å². The molecule has 100 valence electrons. The number of hydrogen-bond acceptors (Lipinski definition) is 2. The highest BCUT2D eigenvalue weighted by molar-refractivity contribution is 5.45. The zero-order chi connectivity index (χ0) is 14.0. The third-order valence-corrected chi connectivity index (χ3v) is 2.43. The molecule has 0 unspecified atom stereocenters. The number of nitrogens with two attached hydrogens (primary N) is 1. The van der Waals surface area contributed by atoms with Crippen LogP contribution in [0.5, 0.6) is 5.75 Å². The summed E-state index contributed by atoms with van der Waals surface area (Å²) in [7, 11) is 0. The van der Waals surface area contributed by atoms with Crippen molar-refractivity contribution < 1.29 is 22.3 Å². The quantitative estimate of drug-likeness (QED) is 0.527. The lowest BCUT2D eigenvalue weighted by molar-refractivity contribution is 0.296. The lowest BCUT2D eigenvalue weighted by Crippen LogP contribution is -2.02. The second-order valence-electron chi connectivity index (χ2n) is 3.83. The number of ether oxygens (including phenoxy) is 1. The van der Waals surface area contributed by atoms with E-state index < -0.39 is 29.9 Å². The molecular formula is C13H9F4NO. The molecule has 0 amide bonds. The summed E-state index contributed by atoms with van der Waals surface area (Å²) in [5, 5.41) is 0. The van der Waals surface area contributed by atoms with Gasteiger partial charge in [-0.15, -0.1) is 0 Å². The van der Waals surface area contributed by atoms with Crippen LogP contribution in [0.25, 0.3) is 0 Å². The van der Waals surface area contributed by atoms with Crippen molar-refractivity contribution in [2.45, 2.75) is 6.61 Å². The van der Waals surface area contributed by atoms with E-state index in [1.807, 2.05) is 0 Å². The lowest BCUT2D eigenvalue weighted by atomic mass is 10.2. The molecule has 0 saturated carbocycles. The summed E-state index contributed by atoms with van der Waals surface area (Å²) in [5.74, 6) is -3.83. The summed E-state index contributed by atoms with van der Waals surface area (Å²) in [5.41, 5.74) is 4.91. The first-order valence-corrected chi connectivity index (χ1v) is 5.28. The van der Waals surface area contributed by atoms with Crippen LogP contribution in [-0.2, 0) is 6.61 Å². The summed E-state index contributed by atoms with van der Waals surface area (Å²) >= 11 is 0. The van der Waals surface area contributed by atoms with Gasteiger partial charge in [-0.25, -0.2) is 17.6 Å². The normalized spacial score (nSPS) is 10.5. The molecule has 2 N–H and O–H groups in total. The topological polar surface area (TPSA) is 35.2 Å². The highest BCUT2D eigenvalue weighted by atomic mass is 19.2. The van der Waals surface area contributed by atoms with Crippen molar-refractivity contribution in [3.8, 4) is 5.75 Å². The monoisotopic (exact) mass is 271 g/mol. The molecule has 0 fully saturated rings. The molecule has 2 aromatic carbocycles. The van der Waals surface area contributed by atoms with Gasteiger partial charge in [-0.1, -0.05) is 0 Å². The van der Waals surface area contributed by atoms with Gasteiger partial charge in [-0.2, -0.15) is 0 Å². The van der Waals surface area contributed by atoms with Crippen LogP contribution in [0.3, 0.4) is 0 Å². The molecule has 0 radical (unpaired) electrons. The molecule has 0 atom stereocenters. The van der Waals surface area contributed by atoms with Crippen molar-refractivity contribution in [2.24, 2.45) is 0 Å². The van der Waals surface area contributed by atoms with Gasteiger partial charge in [-0.3, -0.25) is 0 Å². The largest absolute Gasteiger partial charge is 0.489 e. The van der Waals surface area contributed by atoms with Gasteiger partial charge in [0.05, 0.1) is 5.69 Å². The molecule has 0 saturated heterocycles. The number of anilines is 1. The standard InChI is InChI=1S/C13H9F4NO/c14-8-3-7(13(17)11(16)4-8)6-19-9-1-2-10(15)12(18)5-9/h1-5H,6,18H2. The molecule has 2 aromatic rings. The van der Waals surface area contributed by atoms with Gasteiger partial charge in [-0.05, 0) is 18.2 Å². The van der Waals surface area contributed by atoms with Crippen molar-refractivity contribution in [2.75, 3.05) is 5.73 Å². The van der Waals surface area contributed by atoms with Crippen molar-refractivity contribution in [3.05, 3.63) is 59.2 Å². The summed E-state index contributed by atoms with van der Waals surface area (Å²) in [6.45, 7) is -0.397. The van der Waals surface area contributed by atoms with Crippen LogP contribution < -0.4 is 10.5 Å². The molecule has 2 rings (SSSR count). The molecule has 0 aromatic heterocycles. The maximum absolute atomic E-state index is 13.3. The molecule has 0 bridgehead atoms. The maximum atomic E-state index is 13.3. The fourth-order valence-electron chi connectivity index (χ4n) is 1.49. The van der Waals surface area contributed by atoms with E-state index in [1.54, 1.807) is 0 Å². The number of rotatable bonds is 3. The van der Waals surface area contributed by atoms with Gasteiger partial charge in [0, 0.05) is 17.7 Å². The third kappa shape index (κ3) is 2.96. The first kappa shape index (κ1) is 13.2. The number of nitrogen functional groups attached to an aromatic ring is 1. The first-order chi connectivity index (χ1) is 8.97. The summed E-state index contributed by atoms with van der Waals surface area (Å²) in [4.78, 5) is 0. The summed E-state index contributed by atoms with van der Waals surface area (Å²) < 4.78 is 57.2. The molecule has 0 aliphatic rings. The highest BCUT2D eigenvalue weighted by Crippen LogP contribution is 2.21. The smallest absolute Gasteiger partial charge is 0.165 e.